The Morgan fingerprint density at radius 2 is 1.00 bits per heavy atom. The molecule has 0 aromatic heterocycles. The largest absolute Gasteiger partial charge is 0.269 e. The lowest BCUT2D eigenvalue weighted by Gasteiger charge is -1.45. The maximum atomic E-state index is 2.26. The molecule has 0 aliphatic carbocycles. The fraction of sp³-hybridized carbons (Fsp3) is 1.00. The Balaban J connectivity index is -0.0000000200. The molecular formula is C2H10F2Si. The van der Waals surface area contributed by atoms with Crippen molar-refractivity contribution in [3.05, 3.63) is 0 Å². The van der Waals surface area contributed by atoms with Gasteiger partial charge < -0.3 is 0 Å². The lowest BCUT2D eigenvalue weighted by Crippen LogP contribution is -1.53. The van der Waals surface area contributed by atoms with Crippen molar-refractivity contribution in [1.29, 1.82) is 0 Å². The van der Waals surface area contributed by atoms with Gasteiger partial charge in [0.05, 0.1) is 0 Å². The van der Waals surface area contributed by atoms with Crippen molar-refractivity contribution in [3.63, 3.8) is 0 Å². The van der Waals surface area contributed by atoms with Crippen molar-refractivity contribution < 1.29 is 9.41 Å². The van der Waals surface area contributed by atoms with E-state index >= 15 is 0 Å². The SMILES string of the molecule is C[SiH2]C.F.F. The summed E-state index contributed by atoms with van der Waals surface area (Å²) in [5.74, 6) is 0. The van der Waals surface area contributed by atoms with Crippen LogP contribution in [0.2, 0.25) is 13.1 Å². The monoisotopic (exact) mass is 100 g/mol. The topological polar surface area (TPSA) is 0 Å². The summed E-state index contributed by atoms with van der Waals surface area (Å²) in [5.41, 5.74) is 0. The van der Waals surface area contributed by atoms with Crippen molar-refractivity contribution in [2.24, 2.45) is 0 Å². The first-order chi connectivity index (χ1) is 1.41. The van der Waals surface area contributed by atoms with E-state index < -0.39 is 0 Å². The highest BCUT2D eigenvalue weighted by molar-refractivity contribution is 6.31. The molecule has 0 N–H and O–H groups in total. The third-order valence-corrected chi connectivity index (χ3v) is 0. The Morgan fingerprint density at radius 3 is 1.00 bits per heavy atom. The van der Waals surface area contributed by atoms with Crippen molar-refractivity contribution in [1.82, 2.24) is 0 Å². The summed E-state index contributed by atoms with van der Waals surface area (Å²) in [7, 11) is 0.417. The summed E-state index contributed by atoms with van der Waals surface area (Å²) in [4.78, 5) is 0. The van der Waals surface area contributed by atoms with Crippen molar-refractivity contribution in [2.75, 3.05) is 0 Å². The van der Waals surface area contributed by atoms with E-state index in [2.05, 4.69) is 13.1 Å². The van der Waals surface area contributed by atoms with Gasteiger partial charge >= 0.3 is 0 Å². The molecule has 0 aromatic carbocycles. The van der Waals surface area contributed by atoms with Gasteiger partial charge in [0, 0.05) is 9.52 Å². The van der Waals surface area contributed by atoms with Gasteiger partial charge in [-0.25, -0.2) is 0 Å². The van der Waals surface area contributed by atoms with E-state index in [-0.39, 0.29) is 9.41 Å². The van der Waals surface area contributed by atoms with Gasteiger partial charge in [0.2, 0.25) is 0 Å². The Kier molecular flexibility index (Phi) is 130. The summed E-state index contributed by atoms with van der Waals surface area (Å²) in [6, 6.07) is 0. The molecule has 0 aliphatic rings. The predicted molar refractivity (Wildman–Crippen MR) is 25.3 cm³/mol. The molecule has 0 aliphatic heterocycles. The smallest absolute Gasteiger partial charge is 0.0135 e. The van der Waals surface area contributed by atoms with Gasteiger partial charge in [0.15, 0.2) is 0 Å². The van der Waals surface area contributed by atoms with E-state index in [4.69, 9.17) is 0 Å². The van der Waals surface area contributed by atoms with Crippen LogP contribution < -0.4 is 0 Å². The second-order valence-electron chi connectivity index (χ2n) is 0.707. The van der Waals surface area contributed by atoms with Crippen LogP contribution in [0.5, 0.6) is 0 Å². The molecule has 0 saturated heterocycles. The lowest BCUT2D eigenvalue weighted by atomic mass is 11.9. The quantitative estimate of drug-likeness (QED) is 0.390. The van der Waals surface area contributed by atoms with Crippen molar-refractivity contribution in [2.45, 2.75) is 13.1 Å². The maximum absolute atomic E-state index is 2.26. The third kappa shape index (κ3) is 2980. The third-order valence-electron chi connectivity index (χ3n) is 0. The average molecular weight is 100 g/mol. The molecular weight excluding hydrogens is 90.1 g/mol. The molecule has 0 unspecified atom stereocenters. The van der Waals surface area contributed by atoms with Gasteiger partial charge in [-0.15, -0.1) is 0 Å². The molecule has 0 heterocycles. The van der Waals surface area contributed by atoms with E-state index in [1.165, 1.54) is 0 Å². The van der Waals surface area contributed by atoms with E-state index in [0.717, 1.165) is 0 Å². The summed E-state index contributed by atoms with van der Waals surface area (Å²) in [6.07, 6.45) is 0. The number of rotatable bonds is 0. The Hall–Kier alpha value is 0.0769. The fourth-order valence-corrected chi connectivity index (χ4v) is 0. The highest BCUT2D eigenvalue weighted by Crippen LogP contribution is 1.36. The molecule has 0 radical (unpaired) electrons. The van der Waals surface area contributed by atoms with Crippen LogP contribution in [0.4, 0.5) is 9.41 Å². The molecule has 0 spiro atoms. The summed E-state index contributed by atoms with van der Waals surface area (Å²) >= 11 is 0. The summed E-state index contributed by atoms with van der Waals surface area (Å²) in [5, 5.41) is 0. The second-order valence-corrected chi connectivity index (χ2v) is 2.12. The standard InChI is InChI=1S/C2H8Si.2FH/c1-3-2;;/h3H2,1-2H3;2*1H. The van der Waals surface area contributed by atoms with Crippen LogP contribution in [0.15, 0.2) is 0 Å². The molecule has 0 bridgehead atoms. The average Bonchev–Trinajstić information content (AvgIpc) is 0.918. The lowest BCUT2D eigenvalue weighted by molar-refractivity contribution is 1.11. The molecule has 3 heteroatoms. The molecule has 0 amide bonds. The van der Waals surface area contributed by atoms with Crippen LogP contribution >= 0.6 is 0 Å². The fourth-order valence-electron chi connectivity index (χ4n) is 0. The van der Waals surface area contributed by atoms with Gasteiger partial charge in [-0.1, -0.05) is 13.1 Å². The molecule has 0 rings (SSSR count). The van der Waals surface area contributed by atoms with E-state index in [0.29, 0.717) is 9.52 Å². The second kappa shape index (κ2) is 33.3. The molecule has 0 saturated carbocycles. The Bertz CT molecular complexity index is 7.61. The van der Waals surface area contributed by atoms with Crippen LogP contribution in [0.25, 0.3) is 0 Å². The zero-order valence-electron chi connectivity index (χ0n) is 3.52. The van der Waals surface area contributed by atoms with Gasteiger partial charge in [0.1, 0.15) is 0 Å². The first-order valence-electron chi connectivity index (χ1n) is 1.41. The van der Waals surface area contributed by atoms with Gasteiger partial charge in [-0.05, 0) is 0 Å². The first kappa shape index (κ1) is 19.6. The highest BCUT2D eigenvalue weighted by atomic mass is 28.2. The minimum atomic E-state index is 0. The van der Waals surface area contributed by atoms with Crippen molar-refractivity contribution >= 4 is 9.52 Å². The molecule has 0 fully saturated rings. The minimum Gasteiger partial charge on any atom is -0.269 e. The van der Waals surface area contributed by atoms with Crippen LogP contribution in [-0.2, 0) is 0 Å². The van der Waals surface area contributed by atoms with Crippen molar-refractivity contribution in [3.8, 4) is 0 Å². The van der Waals surface area contributed by atoms with Gasteiger partial charge in [0.25, 0.3) is 0 Å². The van der Waals surface area contributed by atoms with Gasteiger partial charge in [-0.2, -0.15) is 0 Å². The zero-order valence-corrected chi connectivity index (χ0v) is 4.94. The van der Waals surface area contributed by atoms with E-state index in [9.17, 15) is 0 Å². The molecule has 36 valence electrons. The maximum Gasteiger partial charge on any atom is 0.0135 e. The van der Waals surface area contributed by atoms with E-state index in [1.807, 2.05) is 0 Å². The minimum absolute atomic E-state index is 0. The number of hydrogen-bond donors (Lipinski definition) is 0. The number of halogens is 2. The molecule has 0 aromatic rings. The van der Waals surface area contributed by atoms with E-state index in [1.54, 1.807) is 0 Å². The summed E-state index contributed by atoms with van der Waals surface area (Å²) < 4.78 is 0. The van der Waals surface area contributed by atoms with Crippen LogP contribution in [0.1, 0.15) is 0 Å². The Labute approximate surface area is 33.1 Å². The normalized spacial score (nSPS) is 3.60. The van der Waals surface area contributed by atoms with Crippen LogP contribution in [0.3, 0.4) is 0 Å². The van der Waals surface area contributed by atoms with Gasteiger partial charge in [-0.3, -0.25) is 9.41 Å². The first-order valence-corrected chi connectivity index (χ1v) is 4.24. The Morgan fingerprint density at radius 1 is 1.00 bits per heavy atom. The number of hydrogen-bond acceptors (Lipinski definition) is 0. The zero-order chi connectivity index (χ0) is 2.71. The van der Waals surface area contributed by atoms with Crippen LogP contribution in [-0.4, -0.2) is 9.52 Å². The summed E-state index contributed by atoms with van der Waals surface area (Å²) in [6.45, 7) is 4.53. The molecule has 5 heavy (non-hydrogen) atoms. The molecule has 0 atom stereocenters. The highest BCUT2D eigenvalue weighted by Gasteiger charge is 1.38. The predicted octanol–water partition coefficient (Wildman–Crippen LogP) is 0.556. The van der Waals surface area contributed by atoms with Crippen LogP contribution in [0, 0.1) is 0 Å². The molecule has 0 nitrogen and oxygen atoms in total.